The summed E-state index contributed by atoms with van der Waals surface area (Å²) in [6.07, 6.45) is 4.44. The predicted octanol–water partition coefficient (Wildman–Crippen LogP) is 2.54. The number of piperidine rings is 1. The van der Waals surface area contributed by atoms with Gasteiger partial charge in [-0.1, -0.05) is 30.7 Å². The fourth-order valence-corrected chi connectivity index (χ4v) is 4.83. The molecule has 0 spiro atoms. The summed E-state index contributed by atoms with van der Waals surface area (Å²) in [6, 6.07) is 8.94. The van der Waals surface area contributed by atoms with Crippen LogP contribution < -0.4 is 15.8 Å². The molecule has 0 saturated carbocycles. The van der Waals surface area contributed by atoms with E-state index in [9.17, 15) is 9.59 Å². The Morgan fingerprint density at radius 1 is 1.18 bits per heavy atom. The third kappa shape index (κ3) is 6.24. The molecule has 2 aliphatic rings. The van der Waals surface area contributed by atoms with E-state index in [0.29, 0.717) is 62.5 Å². The zero-order chi connectivity index (χ0) is 23.9. The SMILES string of the molecule is Cc1nc(N2CCOCC2)[nH]c(=O)c1CCC(=O)NCc1ccccc1CN1CCCCC1C. The largest absolute Gasteiger partial charge is 0.378 e. The summed E-state index contributed by atoms with van der Waals surface area (Å²) >= 11 is 0. The molecular formula is C26H37N5O3. The number of ether oxygens (including phenoxy) is 1. The standard InChI is InChI=1S/C26H37N5O3/c1-19-7-5-6-12-31(19)18-22-9-4-3-8-21(22)17-27-24(32)11-10-23-20(2)28-26(29-25(23)33)30-13-15-34-16-14-30/h3-4,8-9,19H,5-7,10-18H2,1-2H3,(H,27,32)(H,28,29,33). The summed E-state index contributed by atoms with van der Waals surface area (Å²) in [5, 5.41) is 3.05. The number of benzene rings is 1. The third-order valence-electron chi connectivity index (χ3n) is 7.03. The van der Waals surface area contributed by atoms with Gasteiger partial charge in [-0.05, 0) is 50.8 Å². The minimum Gasteiger partial charge on any atom is -0.378 e. The van der Waals surface area contributed by atoms with Crippen LogP contribution in [0.25, 0.3) is 0 Å². The van der Waals surface area contributed by atoms with E-state index in [-0.39, 0.29) is 17.9 Å². The van der Waals surface area contributed by atoms with Crippen molar-refractivity contribution in [1.29, 1.82) is 0 Å². The zero-order valence-electron chi connectivity index (χ0n) is 20.4. The normalized spacial score (nSPS) is 19.2. The van der Waals surface area contributed by atoms with Gasteiger partial charge in [0, 0.05) is 49.9 Å². The molecule has 1 unspecified atom stereocenters. The first kappa shape index (κ1) is 24.4. The Hall–Kier alpha value is -2.71. The van der Waals surface area contributed by atoms with Gasteiger partial charge in [0.05, 0.1) is 13.2 Å². The average molecular weight is 468 g/mol. The minimum atomic E-state index is -0.164. The molecule has 0 bridgehead atoms. The van der Waals surface area contributed by atoms with Crippen molar-refractivity contribution in [2.75, 3.05) is 37.7 Å². The maximum absolute atomic E-state index is 12.7. The van der Waals surface area contributed by atoms with Crippen LogP contribution in [0.1, 0.15) is 55.0 Å². The zero-order valence-corrected chi connectivity index (χ0v) is 20.4. The van der Waals surface area contributed by atoms with E-state index in [2.05, 4.69) is 45.3 Å². The van der Waals surface area contributed by atoms with Gasteiger partial charge in [0.25, 0.3) is 5.56 Å². The lowest BCUT2D eigenvalue weighted by Crippen LogP contribution is -2.38. The number of aromatic nitrogens is 2. The molecule has 8 nitrogen and oxygen atoms in total. The second-order valence-corrected chi connectivity index (χ2v) is 9.41. The van der Waals surface area contributed by atoms with Crippen molar-refractivity contribution in [3.8, 4) is 0 Å². The number of likely N-dealkylation sites (tertiary alicyclic amines) is 1. The van der Waals surface area contributed by atoms with Crippen molar-refractivity contribution in [1.82, 2.24) is 20.2 Å². The highest BCUT2D eigenvalue weighted by atomic mass is 16.5. The molecule has 0 aliphatic carbocycles. The fourth-order valence-electron chi connectivity index (χ4n) is 4.83. The van der Waals surface area contributed by atoms with Crippen molar-refractivity contribution >= 4 is 11.9 Å². The van der Waals surface area contributed by atoms with Crippen molar-refractivity contribution in [2.45, 2.75) is 65.1 Å². The number of hydrogen-bond donors (Lipinski definition) is 2. The number of morpholine rings is 1. The third-order valence-corrected chi connectivity index (χ3v) is 7.03. The van der Waals surface area contributed by atoms with Crippen molar-refractivity contribution < 1.29 is 9.53 Å². The van der Waals surface area contributed by atoms with Crippen LogP contribution in [0.15, 0.2) is 29.1 Å². The number of hydrogen-bond acceptors (Lipinski definition) is 6. The van der Waals surface area contributed by atoms with Crippen LogP contribution in [-0.4, -0.2) is 59.7 Å². The lowest BCUT2D eigenvalue weighted by atomic mass is 10.0. The molecular weight excluding hydrogens is 430 g/mol. The van der Waals surface area contributed by atoms with Crippen LogP contribution in [0.5, 0.6) is 0 Å². The molecule has 1 amide bonds. The molecule has 2 saturated heterocycles. The van der Waals surface area contributed by atoms with Crippen LogP contribution in [0, 0.1) is 6.92 Å². The van der Waals surface area contributed by atoms with Gasteiger partial charge in [-0.2, -0.15) is 0 Å². The molecule has 184 valence electrons. The molecule has 2 aromatic rings. The van der Waals surface area contributed by atoms with Crippen molar-refractivity contribution in [3.05, 3.63) is 57.0 Å². The molecule has 2 N–H and O–H groups in total. The number of amides is 1. The molecule has 1 atom stereocenters. The minimum absolute atomic E-state index is 0.0581. The van der Waals surface area contributed by atoms with Gasteiger partial charge in [-0.3, -0.25) is 19.5 Å². The number of carbonyl (C=O) groups excluding carboxylic acids is 1. The lowest BCUT2D eigenvalue weighted by molar-refractivity contribution is -0.121. The topological polar surface area (TPSA) is 90.6 Å². The van der Waals surface area contributed by atoms with Gasteiger partial charge in [-0.15, -0.1) is 0 Å². The van der Waals surface area contributed by atoms with Crippen LogP contribution in [0.4, 0.5) is 5.95 Å². The number of nitrogens with zero attached hydrogens (tertiary/aromatic N) is 3. The summed E-state index contributed by atoms with van der Waals surface area (Å²) in [7, 11) is 0. The Balaban J connectivity index is 1.31. The van der Waals surface area contributed by atoms with Crippen LogP contribution in [0.3, 0.4) is 0 Å². The molecule has 0 radical (unpaired) electrons. The van der Waals surface area contributed by atoms with Crippen LogP contribution in [-0.2, 0) is 29.0 Å². The van der Waals surface area contributed by atoms with E-state index in [1.165, 1.54) is 24.8 Å². The number of aryl methyl sites for hydroxylation is 1. The van der Waals surface area contributed by atoms with E-state index in [1.807, 2.05) is 17.9 Å². The first-order chi connectivity index (χ1) is 16.5. The van der Waals surface area contributed by atoms with Gasteiger partial charge in [0.15, 0.2) is 0 Å². The van der Waals surface area contributed by atoms with E-state index in [4.69, 9.17) is 4.74 Å². The van der Waals surface area contributed by atoms with Crippen molar-refractivity contribution in [3.63, 3.8) is 0 Å². The average Bonchev–Trinajstić information content (AvgIpc) is 2.85. The van der Waals surface area contributed by atoms with Crippen LogP contribution in [0.2, 0.25) is 0 Å². The first-order valence-corrected chi connectivity index (χ1v) is 12.5. The van der Waals surface area contributed by atoms with Gasteiger partial charge < -0.3 is 15.0 Å². The summed E-state index contributed by atoms with van der Waals surface area (Å²) in [5.74, 6) is 0.524. The second kappa shape index (κ2) is 11.6. The van der Waals surface area contributed by atoms with E-state index in [1.54, 1.807) is 0 Å². The molecule has 8 heteroatoms. The number of rotatable bonds is 8. The predicted molar refractivity (Wildman–Crippen MR) is 133 cm³/mol. The molecule has 34 heavy (non-hydrogen) atoms. The lowest BCUT2D eigenvalue weighted by Gasteiger charge is -2.33. The monoisotopic (exact) mass is 467 g/mol. The molecule has 4 rings (SSSR count). The summed E-state index contributed by atoms with van der Waals surface area (Å²) < 4.78 is 5.37. The van der Waals surface area contributed by atoms with Gasteiger partial charge >= 0.3 is 0 Å². The van der Waals surface area contributed by atoms with Crippen molar-refractivity contribution in [2.24, 2.45) is 0 Å². The number of anilines is 1. The number of H-pyrrole nitrogens is 1. The number of carbonyl (C=O) groups is 1. The smallest absolute Gasteiger partial charge is 0.255 e. The summed E-state index contributed by atoms with van der Waals surface area (Å²) in [4.78, 5) is 37.3. The number of aromatic amines is 1. The van der Waals surface area contributed by atoms with E-state index < -0.39 is 0 Å². The highest BCUT2D eigenvalue weighted by molar-refractivity contribution is 5.76. The van der Waals surface area contributed by atoms with E-state index >= 15 is 0 Å². The Morgan fingerprint density at radius 3 is 2.68 bits per heavy atom. The van der Waals surface area contributed by atoms with Crippen LogP contribution >= 0.6 is 0 Å². The Morgan fingerprint density at radius 2 is 1.94 bits per heavy atom. The molecule has 2 aliphatic heterocycles. The number of nitrogens with one attached hydrogen (secondary N) is 2. The molecule has 2 fully saturated rings. The van der Waals surface area contributed by atoms with Gasteiger partial charge in [0.1, 0.15) is 0 Å². The fraction of sp³-hybridized carbons (Fsp3) is 0.577. The Kier molecular flexibility index (Phi) is 8.34. The molecule has 1 aromatic heterocycles. The highest BCUT2D eigenvalue weighted by Gasteiger charge is 2.20. The summed E-state index contributed by atoms with van der Waals surface area (Å²) in [5.41, 5.74) is 3.51. The second-order valence-electron chi connectivity index (χ2n) is 9.41. The van der Waals surface area contributed by atoms with E-state index in [0.717, 1.165) is 18.7 Å². The Bertz CT molecular complexity index is 1030. The Labute approximate surface area is 201 Å². The maximum atomic E-state index is 12.7. The highest BCUT2D eigenvalue weighted by Crippen LogP contribution is 2.21. The summed E-state index contributed by atoms with van der Waals surface area (Å²) in [6.45, 7) is 9.37. The molecule has 1 aromatic carbocycles. The molecule has 3 heterocycles. The van der Waals surface area contributed by atoms with Gasteiger partial charge in [-0.25, -0.2) is 4.98 Å². The quantitative estimate of drug-likeness (QED) is 0.620. The van der Waals surface area contributed by atoms with Gasteiger partial charge in [0.2, 0.25) is 11.9 Å². The first-order valence-electron chi connectivity index (χ1n) is 12.5. The maximum Gasteiger partial charge on any atom is 0.255 e.